The molecule has 0 saturated heterocycles. The van der Waals surface area contributed by atoms with Crippen molar-refractivity contribution in [1.29, 1.82) is 0 Å². The second-order valence-corrected chi connectivity index (χ2v) is 21.6. The molecular weight excluding hydrogens is 1120 g/mol. The van der Waals surface area contributed by atoms with E-state index in [4.69, 9.17) is 27.5 Å². The number of rotatable bonds is 6. The molecule has 1 aliphatic heterocycles. The number of nitrogens with zero attached hydrogens (tertiary/aromatic N) is 4. The van der Waals surface area contributed by atoms with E-state index in [2.05, 4.69) is 39.2 Å². The summed E-state index contributed by atoms with van der Waals surface area (Å²) in [5, 5.41) is 1.71. The monoisotopic (exact) mass is 1210 g/mol. The minimum absolute atomic E-state index is 0. The summed E-state index contributed by atoms with van der Waals surface area (Å²) in [5.74, 6) is 0.851. The minimum atomic E-state index is -4.68. The van der Waals surface area contributed by atoms with Gasteiger partial charge >= 0.3 is 0 Å². The Morgan fingerprint density at radius 1 is 0.662 bits per heavy atom. The maximum atomic E-state index is 10.4. The summed E-state index contributed by atoms with van der Waals surface area (Å²) in [6.45, 7) is -5.45. The molecule has 0 fully saturated rings. The molecule has 2 aliphatic rings. The van der Waals surface area contributed by atoms with Crippen molar-refractivity contribution in [2.75, 3.05) is 0 Å². The van der Waals surface area contributed by atoms with Gasteiger partial charge in [-0.3, -0.25) is 4.57 Å². The molecule has 0 N–H and O–H groups in total. The Hall–Kier alpha value is -7.33. The van der Waals surface area contributed by atoms with Gasteiger partial charge in [-0.2, -0.15) is 18.2 Å². The topological polar surface area (TPSA) is 35.9 Å². The molecule has 13 rings (SSSR count). The Balaban J connectivity index is 0.0000102. The third-order valence-corrected chi connectivity index (χ3v) is 13.9. The van der Waals surface area contributed by atoms with Gasteiger partial charge in [0, 0.05) is 66.2 Å². The van der Waals surface area contributed by atoms with Gasteiger partial charge in [0.25, 0.3) is 6.33 Å². The van der Waals surface area contributed by atoms with Crippen molar-refractivity contribution < 1.29 is 67.4 Å². The van der Waals surface area contributed by atoms with Crippen LogP contribution in [0.15, 0.2) is 170 Å². The maximum Gasteiger partial charge on any atom is 0.268 e. The summed E-state index contributed by atoms with van der Waals surface area (Å²) in [5.41, 5.74) is -13.7. The minimum Gasteiger partial charge on any atom is -0.510 e. The smallest absolute Gasteiger partial charge is 0.268 e. The molecule has 0 saturated carbocycles. The van der Waals surface area contributed by atoms with Gasteiger partial charge in [0.05, 0.1) is 31.8 Å². The fourth-order valence-electron chi connectivity index (χ4n) is 10.4. The molecule has 0 bridgehead atoms. The largest absolute Gasteiger partial charge is 0.510 e. The molecule has 77 heavy (non-hydrogen) atoms. The van der Waals surface area contributed by atoms with E-state index in [0.717, 1.165) is 27.9 Å². The molecule has 3 aromatic heterocycles. The second kappa shape index (κ2) is 18.4. The molecule has 0 unspecified atom stereocenters. The Labute approximate surface area is 506 Å². The Morgan fingerprint density at radius 3 is 2.08 bits per heavy atom. The van der Waals surface area contributed by atoms with Crippen molar-refractivity contribution in [3.8, 4) is 73.2 Å². The van der Waals surface area contributed by atoms with Gasteiger partial charge in [-0.25, -0.2) is 4.98 Å². The molecule has 386 valence electrons. The van der Waals surface area contributed by atoms with Crippen LogP contribution in [0, 0.1) is 23.9 Å². The van der Waals surface area contributed by atoms with E-state index in [-0.39, 0.29) is 83.5 Å². The van der Waals surface area contributed by atoms with Crippen LogP contribution in [-0.4, -0.2) is 14.1 Å². The summed E-state index contributed by atoms with van der Waals surface area (Å²) in [7, 11) is 0. The molecule has 6 heteroatoms. The van der Waals surface area contributed by atoms with Crippen LogP contribution >= 0.6 is 0 Å². The van der Waals surface area contributed by atoms with Crippen LogP contribution in [0.25, 0.3) is 94.5 Å². The third-order valence-electron chi connectivity index (χ3n) is 13.9. The summed E-state index contributed by atoms with van der Waals surface area (Å²) >= 11 is 0. The predicted molar refractivity (Wildman–Crippen MR) is 312 cm³/mol. The molecule has 8 aromatic carbocycles. The number of hydrogen-bond donors (Lipinski definition) is 0. The number of imidazole rings is 1. The number of pyridine rings is 1. The standard InChI is InChI=1S/C71H64N4O.Pt/c1-68(2,3)43-46-19-17-27-58-54-24-13-11-22-52(54)53-23-12-14-25-55(53)59-37-47(45-29-32-60-61(38-45)71(9,10)35-34-70(60,7)8)39-64-67(59)74(66(46)58)44-73(64)49-20-18-21-50(41-49)76-51-30-31-57-56-26-15-16-28-62(56)75(63(57)42-51)65-40-48(33-36-72-65)69(4,5)6;/h11-33,36-40H,34-35,43H2,1-10H3;/q-2;/i7D3,8D3,9D3,10D3,11D,12D,13D,14D,22D,23D,24D,25D,29D,32D,34D2,35D2,38D;. The van der Waals surface area contributed by atoms with Crippen molar-refractivity contribution in [3.05, 3.63) is 210 Å². The van der Waals surface area contributed by atoms with Crippen LogP contribution in [0.1, 0.15) is 141 Å². The van der Waals surface area contributed by atoms with Gasteiger partial charge in [0.1, 0.15) is 5.82 Å². The summed E-state index contributed by atoms with van der Waals surface area (Å²) in [4.78, 5) is 4.80. The SMILES string of the molecule is [2H]c1c([2H])c([2H])c2c(c1[2H])-c1cccc(CC(C)(C)C)c1-[n+]1[c-]n(-c3[c-]c(Oc4[c-]c5c(cc4)c4ccccc4n5-c4cc(C(C)(C)C)ccn4)ccc3)c3cc(-c4c([2H])c([2H])c5c(c4[2H])C(C([2H])([2H])[2H])(C([2H])([2H])[2H])C([2H])([2H])C([2H])([2H])C5(C([2H])([2H])[2H])C([2H])([2H])[2H])cc(c31)-c1c([2H])c([2H])c([2H])c([2H])c1-2.[Pt]. The fourth-order valence-corrected chi connectivity index (χ4v) is 10.4. The average molecular weight is 1210 g/mol. The van der Waals surface area contributed by atoms with Crippen LogP contribution in [-0.2, 0) is 43.7 Å². The maximum absolute atomic E-state index is 10.4. The number of fused-ring (bicyclic) bond motifs is 11. The van der Waals surface area contributed by atoms with Crippen molar-refractivity contribution in [2.24, 2.45) is 5.41 Å². The van der Waals surface area contributed by atoms with E-state index in [1.807, 2.05) is 67.8 Å². The zero-order valence-corrected chi connectivity index (χ0v) is 44.8. The van der Waals surface area contributed by atoms with Crippen LogP contribution in [0.5, 0.6) is 11.5 Å². The number of aromatic nitrogens is 4. The van der Waals surface area contributed by atoms with Crippen LogP contribution in [0.4, 0.5) is 0 Å². The molecular formula is C71H64N4OPt-2. The van der Waals surface area contributed by atoms with Crippen molar-refractivity contribution in [2.45, 2.75) is 104 Å². The zero-order chi connectivity index (χ0) is 75.6. The van der Waals surface area contributed by atoms with E-state index < -0.39 is 162 Å². The van der Waals surface area contributed by atoms with Crippen molar-refractivity contribution >= 4 is 32.8 Å². The van der Waals surface area contributed by atoms with Crippen LogP contribution < -0.4 is 9.30 Å². The van der Waals surface area contributed by atoms with Crippen LogP contribution in [0.2, 0.25) is 0 Å². The van der Waals surface area contributed by atoms with Gasteiger partial charge in [-0.1, -0.05) is 183 Å². The van der Waals surface area contributed by atoms with Gasteiger partial charge in [0.2, 0.25) is 0 Å². The van der Waals surface area contributed by atoms with Crippen LogP contribution in [0.3, 0.4) is 0 Å². The molecule has 0 spiro atoms. The molecule has 5 nitrogen and oxygen atoms in total. The Morgan fingerprint density at radius 2 is 1.35 bits per heavy atom. The average Bonchev–Trinajstić information content (AvgIpc) is 0.726. The van der Waals surface area contributed by atoms with Gasteiger partial charge in [-0.05, 0) is 143 Å². The molecule has 0 amide bonds. The first kappa shape index (κ1) is 28.3. The summed E-state index contributed by atoms with van der Waals surface area (Å²) < 4.78 is 264. The van der Waals surface area contributed by atoms with E-state index in [1.165, 1.54) is 15.2 Å². The normalized spacial score (nSPS) is 21.5. The second-order valence-electron chi connectivity index (χ2n) is 21.6. The summed E-state index contributed by atoms with van der Waals surface area (Å²) in [6, 6.07) is 23.3. The van der Waals surface area contributed by atoms with Crippen molar-refractivity contribution in [1.82, 2.24) is 14.1 Å². The Kier molecular flexibility index (Phi) is 6.78. The molecule has 11 aromatic rings. The van der Waals surface area contributed by atoms with E-state index in [9.17, 15) is 19.2 Å². The van der Waals surface area contributed by atoms with Gasteiger partial charge in [-0.15, -0.1) is 29.7 Å². The molecule has 0 atom stereocenters. The Bertz CT molecular complexity index is 5450. The zero-order valence-electron chi connectivity index (χ0n) is 69.5. The molecule has 1 aliphatic carbocycles. The molecule has 0 radical (unpaired) electrons. The first-order valence-corrected chi connectivity index (χ1v) is 24.7. The van der Waals surface area contributed by atoms with E-state index >= 15 is 0 Å². The number of para-hydroxylation sites is 2. The summed E-state index contributed by atoms with van der Waals surface area (Å²) in [6.07, 6.45) is -3.94. The third kappa shape index (κ3) is 8.67. The van der Waals surface area contributed by atoms with E-state index in [1.54, 1.807) is 48.7 Å². The predicted octanol–water partition coefficient (Wildman–Crippen LogP) is 17.8. The van der Waals surface area contributed by atoms with Crippen molar-refractivity contribution in [3.63, 3.8) is 0 Å². The number of benzene rings is 8. The van der Waals surface area contributed by atoms with E-state index in [0.29, 0.717) is 16.9 Å². The fraction of sp³-hybridized carbons (Fsp3) is 0.239. The van der Waals surface area contributed by atoms with Gasteiger partial charge in [0.15, 0.2) is 0 Å². The van der Waals surface area contributed by atoms with Gasteiger partial charge < -0.3 is 13.9 Å². The first-order chi connectivity index (χ1) is 47.5. The number of hydrogen-bond acceptors (Lipinski definition) is 2. The quantitative estimate of drug-likeness (QED) is 0.123. The number of ether oxygens (including phenoxy) is 1. The molecule has 4 heterocycles. The first-order valence-electron chi connectivity index (χ1n) is 38.2.